The normalized spacial score (nSPS) is 13.9. The van der Waals surface area contributed by atoms with Gasteiger partial charge >= 0.3 is 11.9 Å². The van der Waals surface area contributed by atoms with E-state index in [9.17, 15) is 9.59 Å². The van der Waals surface area contributed by atoms with Gasteiger partial charge in [-0.05, 0) is 34.1 Å². The summed E-state index contributed by atoms with van der Waals surface area (Å²) >= 11 is 0. The molecule has 0 saturated carbocycles. The summed E-state index contributed by atoms with van der Waals surface area (Å²) in [6, 6.07) is 0. The fourth-order valence-corrected chi connectivity index (χ4v) is 0.723. The van der Waals surface area contributed by atoms with Crippen LogP contribution >= 0.6 is 0 Å². The number of rotatable bonds is 6. The Morgan fingerprint density at radius 2 is 1.89 bits per heavy atom. The van der Waals surface area contributed by atoms with E-state index in [1.807, 2.05) is 6.92 Å². The van der Waals surface area contributed by atoms with Crippen LogP contribution in [0.2, 0.25) is 0 Å². The maximum Gasteiger partial charge on any atom is 0.378 e. The van der Waals surface area contributed by atoms with Crippen LogP contribution in [0.3, 0.4) is 0 Å². The van der Waals surface area contributed by atoms with Crippen LogP contribution < -0.4 is 0 Å². The lowest BCUT2D eigenvalue weighted by Crippen LogP contribution is -2.23. The number of aliphatic carboxylic acids is 1. The summed E-state index contributed by atoms with van der Waals surface area (Å²) in [6.45, 7) is 8.63. The van der Waals surface area contributed by atoms with Crippen molar-refractivity contribution in [2.75, 3.05) is 0 Å². The van der Waals surface area contributed by atoms with Crippen LogP contribution in [0.15, 0.2) is 11.8 Å². The predicted octanol–water partition coefficient (Wildman–Crippen LogP) is 2.04. The summed E-state index contributed by atoms with van der Waals surface area (Å²) in [5, 5.41) is 8.63. The van der Waals surface area contributed by atoms with Crippen molar-refractivity contribution in [2.45, 2.75) is 52.7 Å². The van der Waals surface area contributed by atoms with Crippen molar-refractivity contribution in [1.82, 2.24) is 0 Å². The number of hydrogen-bond donors (Lipinski definition) is 1. The zero-order valence-corrected chi connectivity index (χ0v) is 11.4. The summed E-state index contributed by atoms with van der Waals surface area (Å²) in [5.41, 5.74) is -0.672. The van der Waals surface area contributed by atoms with E-state index < -0.39 is 23.3 Å². The molecule has 0 radical (unpaired) electrons. The van der Waals surface area contributed by atoms with Crippen molar-refractivity contribution in [3.05, 3.63) is 11.8 Å². The number of carboxylic acid groups (broad SMARTS) is 1. The number of carbonyl (C=O) groups excluding carboxylic acids is 1. The number of ether oxygens (including phenoxy) is 1. The lowest BCUT2D eigenvalue weighted by atomic mass is 10.2. The minimum atomic E-state index is -1.32. The second-order valence-corrected chi connectivity index (χ2v) is 4.75. The molecule has 0 bridgehead atoms. The molecular formula is C12H20O6. The van der Waals surface area contributed by atoms with Crippen molar-refractivity contribution in [1.29, 1.82) is 0 Å². The smallest absolute Gasteiger partial charge is 0.378 e. The standard InChI is InChI=1S/C12H20O6/c1-6-8(2)16-11(15)9(7-10(13)14)17-18-12(3,4)5/h7-8H,6H2,1-5H3,(H,13,14). The highest BCUT2D eigenvalue weighted by Crippen LogP contribution is 2.13. The Labute approximate surface area is 106 Å². The van der Waals surface area contributed by atoms with Crippen LogP contribution in [0.5, 0.6) is 0 Å². The number of hydrogen-bond acceptors (Lipinski definition) is 5. The number of esters is 1. The highest BCUT2D eigenvalue weighted by molar-refractivity contribution is 5.93. The summed E-state index contributed by atoms with van der Waals surface area (Å²) in [6.07, 6.45) is 0.899. The molecule has 0 aliphatic rings. The Hall–Kier alpha value is -1.56. The number of carbonyl (C=O) groups is 2. The van der Waals surface area contributed by atoms with Gasteiger partial charge in [-0.15, -0.1) is 0 Å². The third kappa shape index (κ3) is 7.67. The van der Waals surface area contributed by atoms with Gasteiger partial charge in [0.15, 0.2) is 0 Å². The Morgan fingerprint density at radius 3 is 2.28 bits per heavy atom. The summed E-state index contributed by atoms with van der Waals surface area (Å²) in [7, 11) is 0. The molecule has 0 aromatic rings. The predicted molar refractivity (Wildman–Crippen MR) is 63.5 cm³/mol. The Morgan fingerprint density at radius 1 is 1.33 bits per heavy atom. The summed E-state index contributed by atoms with van der Waals surface area (Å²) in [4.78, 5) is 31.8. The second kappa shape index (κ2) is 7.00. The molecule has 0 aliphatic carbocycles. The Balaban J connectivity index is 4.69. The highest BCUT2D eigenvalue weighted by atomic mass is 17.2. The molecule has 0 spiro atoms. The van der Waals surface area contributed by atoms with Crippen molar-refractivity contribution in [2.24, 2.45) is 0 Å². The van der Waals surface area contributed by atoms with Gasteiger partial charge < -0.3 is 14.7 Å². The van der Waals surface area contributed by atoms with E-state index in [0.29, 0.717) is 12.5 Å². The minimum absolute atomic E-state index is 0.326. The monoisotopic (exact) mass is 260 g/mol. The maximum absolute atomic E-state index is 11.6. The van der Waals surface area contributed by atoms with Gasteiger partial charge in [0.25, 0.3) is 5.76 Å². The molecule has 0 rings (SSSR count). The quantitative estimate of drug-likeness (QED) is 0.259. The fraction of sp³-hybridized carbons (Fsp3) is 0.667. The Bertz CT molecular complexity index is 326. The average molecular weight is 260 g/mol. The van der Waals surface area contributed by atoms with Gasteiger partial charge in [-0.3, -0.25) is 0 Å². The van der Waals surface area contributed by atoms with E-state index in [0.717, 1.165) is 0 Å². The minimum Gasteiger partial charge on any atom is -0.478 e. The lowest BCUT2D eigenvalue weighted by molar-refractivity contribution is -0.321. The molecular weight excluding hydrogens is 240 g/mol. The van der Waals surface area contributed by atoms with Gasteiger partial charge in [0.05, 0.1) is 12.2 Å². The lowest BCUT2D eigenvalue weighted by Gasteiger charge is -2.19. The maximum atomic E-state index is 11.6. The molecule has 0 saturated heterocycles. The first-order valence-corrected chi connectivity index (χ1v) is 5.67. The molecule has 0 amide bonds. The molecule has 104 valence electrons. The molecule has 6 nitrogen and oxygen atoms in total. The molecule has 0 aliphatic heterocycles. The van der Waals surface area contributed by atoms with E-state index in [1.54, 1.807) is 27.7 Å². The van der Waals surface area contributed by atoms with Gasteiger partial charge in [0.1, 0.15) is 5.60 Å². The summed E-state index contributed by atoms with van der Waals surface area (Å²) < 4.78 is 4.95. The van der Waals surface area contributed by atoms with Gasteiger partial charge in [0, 0.05) is 0 Å². The molecule has 6 heteroatoms. The van der Waals surface area contributed by atoms with Crippen molar-refractivity contribution in [3.63, 3.8) is 0 Å². The van der Waals surface area contributed by atoms with E-state index in [-0.39, 0.29) is 6.10 Å². The zero-order chi connectivity index (χ0) is 14.3. The topological polar surface area (TPSA) is 82.1 Å². The second-order valence-electron chi connectivity index (χ2n) is 4.75. The molecule has 1 unspecified atom stereocenters. The summed E-state index contributed by atoms with van der Waals surface area (Å²) in [5.74, 6) is -2.67. The third-order valence-corrected chi connectivity index (χ3v) is 1.72. The van der Waals surface area contributed by atoms with Crippen LogP contribution in [0.25, 0.3) is 0 Å². The molecule has 0 aromatic carbocycles. The van der Waals surface area contributed by atoms with E-state index in [4.69, 9.17) is 19.6 Å². The van der Waals surface area contributed by atoms with Crippen LogP contribution in [-0.4, -0.2) is 28.8 Å². The van der Waals surface area contributed by atoms with E-state index in [1.165, 1.54) is 0 Å². The highest BCUT2D eigenvalue weighted by Gasteiger charge is 2.21. The molecule has 18 heavy (non-hydrogen) atoms. The molecule has 1 atom stereocenters. The molecule has 0 aromatic heterocycles. The fourth-order valence-electron chi connectivity index (χ4n) is 0.723. The largest absolute Gasteiger partial charge is 0.478 e. The van der Waals surface area contributed by atoms with Crippen molar-refractivity contribution in [3.8, 4) is 0 Å². The first-order valence-electron chi connectivity index (χ1n) is 5.67. The van der Waals surface area contributed by atoms with Gasteiger partial charge in [-0.2, -0.15) is 4.89 Å². The van der Waals surface area contributed by atoms with Crippen LogP contribution in [0.1, 0.15) is 41.0 Å². The molecule has 0 heterocycles. The van der Waals surface area contributed by atoms with Gasteiger partial charge in [0.2, 0.25) is 0 Å². The van der Waals surface area contributed by atoms with Crippen LogP contribution in [0, 0.1) is 0 Å². The number of carboxylic acids is 1. The van der Waals surface area contributed by atoms with E-state index >= 15 is 0 Å². The third-order valence-electron chi connectivity index (χ3n) is 1.72. The Kier molecular flexibility index (Phi) is 6.40. The van der Waals surface area contributed by atoms with Crippen molar-refractivity contribution < 1.29 is 29.2 Å². The van der Waals surface area contributed by atoms with Crippen LogP contribution in [-0.2, 0) is 24.1 Å². The first-order chi connectivity index (χ1) is 8.15. The molecule has 1 N–H and O–H groups in total. The van der Waals surface area contributed by atoms with Crippen LogP contribution in [0.4, 0.5) is 0 Å². The SMILES string of the molecule is CCC(C)OC(=O)C(=CC(=O)O)OOC(C)(C)C. The average Bonchev–Trinajstić information content (AvgIpc) is 2.22. The zero-order valence-electron chi connectivity index (χ0n) is 11.4. The first kappa shape index (κ1) is 16.4. The molecule has 0 fully saturated rings. The van der Waals surface area contributed by atoms with Gasteiger partial charge in [-0.25, -0.2) is 9.59 Å². The van der Waals surface area contributed by atoms with Crippen molar-refractivity contribution >= 4 is 11.9 Å². The van der Waals surface area contributed by atoms with E-state index in [2.05, 4.69) is 0 Å². The van der Waals surface area contributed by atoms with Gasteiger partial charge in [-0.1, -0.05) is 6.92 Å².